The summed E-state index contributed by atoms with van der Waals surface area (Å²) in [5.41, 5.74) is 2.61. The topological polar surface area (TPSA) is 167 Å². The maximum absolute atomic E-state index is 14.9. The Hall–Kier alpha value is -4.24. The molecule has 3 aliphatic carbocycles. The van der Waals surface area contributed by atoms with Crippen LogP contribution in [0, 0.1) is 11.8 Å². The third-order valence-corrected chi connectivity index (χ3v) is 14.6. The summed E-state index contributed by atoms with van der Waals surface area (Å²) in [5.74, 6) is -2.19. The Balaban J connectivity index is 1.09. The predicted molar refractivity (Wildman–Crippen MR) is 203 cm³/mol. The number of hydrogen-bond acceptors (Lipinski definition) is 10. The number of carbonyl (C=O) groups is 4. The van der Waals surface area contributed by atoms with E-state index in [-0.39, 0.29) is 31.2 Å². The SMILES string of the molecule is C=C[C@@H]1C[C@]1(NC(=O)[C@@H]1C[C@@H]2CN1C(=O)[C@H](C1CCCCC1)Nc1nc(cs1)CCC/C=C/c1cccc3c1CN(C3)C(=O)O2)C(=O)NS(=O)(=O)C1CC1. The van der Waals surface area contributed by atoms with E-state index in [2.05, 4.69) is 34.1 Å². The Kier molecular flexibility index (Phi) is 10.0. The molecule has 4 heterocycles. The van der Waals surface area contributed by atoms with Crippen molar-refractivity contribution < 1.29 is 32.3 Å². The van der Waals surface area contributed by atoms with Crippen molar-refractivity contribution in [2.24, 2.45) is 11.8 Å². The normalized spacial score (nSPS) is 29.5. The summed E-state index contributed by atoms with van der Waals surface area (Å²) in [6.45, 7) is 4.57. The van der Waals surface area contributed by atoms with E-state index in [1.165, 1.54) is 22.3 Å². The molecule has 6 bridgehead atoms. The minimum absolute atomic E-state index is 0.00235. The molecule has 5 atom stereocenters. The van der Waals surface area contributed by atoms with Gasteiger partial charge >= 0.3 is 6.09 Å². The Morgan fingerprint density at radius 2 is 1.91 bits per heavy atom. The summed E-state index contributed by atoms with van der Waals surface area (Å²) in [6.07, 6.45) is 13.0. The molecule has 13 nitrogen and oxygen atoms in total. The monoisotopic (exact) mass is 776 g/mol. The molecular formula is C39H48N6O7S2. The first-order chi connectivity index (χ1) is 26.0. The fourth-order valence-corrected chi connectivity index (χ4v) is 10.8. The molecule has 0 radical (unpaired) electrons. The number of nitrogens with one attached hydrogen (secondary N) is 3. The van der Waals surface area contributed by atoms with Gasteiger partial charge < -0.3 is 20.3 Å². The van der Waals surface area contributed by atoms with Gasteiger partial charge in [0.1, 0.15) is 23.7 Å². The van der Waals surface area contributed by atoms with Crippen molar-refractivity contribution in [3.05, 3.63) is 64.7 Å². The van der Waals surface area contributed by atoms with Crippen LogP contribution in [0.2, 0.25) is 0 Å². The smallest absolute Gasteiger partial charge is 0.410 e. The molecule has 3 N–H and O–H groups in total. The van der Waals surface area contributed by atoms with Crippen molar-refractivity contribution >= 4 is 56.4 Å². The zero-order valence-electron chi connectivity index (χ0n) is 30.3. The van der Waals surface area contributed by atoms with Crippen molar-refractivity contribution in [3.63, 3.8) is 0 Å². The van der Waals surface area contributed by atoms with Crippen LogP contribution < -0.4 is 15.4 Å². The lowest BCUT2D eigenvalue weighted by Gasteiger charge is -2.34. The van der Waals surface area contributed by atoms with Crippen LogP contribution in [-0.4, -0.2) is 82.5 Å². The van der Waals surface area contributed by atoms with Gasteiger partial charge in [0.2, 0.25) is 21.8 Å². The molecule has 4 amide bonds. The first-order valence-corrected chi connectivity index (χ1v) is 21.7. The number of rotatable bonds is 7. The summed E-state index contributed by atoms with van der Waals surface area (Å²) >= 11 is 1.46. The van der Waals surface area contributed by atoms with Gasteiger partial charge in [0.25, 0.3) is 5.91 Å². The number of amides is 4. The highest BCUT2D eigenvalue weighted by atomic mass is 32.2. The number of allylic oxidation sites excluding steroid dienone is 1. The first kappa shape index (κ1) is 36.7. The first-order valence-electron chi connectivity index (χ1n) is 19.3. The van der Waals surface area contributed by atoms with E-state index in [0.717, 1.165) is 73.8 Å². The van der Waals surface area contributed by atoms with Crippen LogP contribution in [0.15, 0.2) is 42.3 Å². The number of hydrogen-bond donors (Lipinski definition) is 3. The second-order valence-electron chi connectivity index (χ2n) is 15.7. The van der Waals surface area contributed by atoms with Crippen LogP contribution in [0.5, 0.6) is 0 Å². The molecule has 1 saturated heterocycles. The lowest BCUT2D eigenvalue weighted by molar-refractivity contribution is -0.141. The third-order valence-electron chi connectivity index (χ3n) is 12.0. The van der Waals surface area contributed by atoms with Gasteiger partial charge in [0.05, 0.1) is 24.0 Å². The van der Waals surface area contributed by atoms with E-state index in [1.807, 2.05) is 23.6 Å². The summed E-state index contributed by atoms with van der Waals surface area (Å²) in [5, 5.41) is 8.37. The molecule has 1 aromatic heterocycles. The largest absolute Gasteiger partial charge is 0.444 e. The Morgan fingerprint density at radius 1 is 1.09 bits per heavy atom. The van der Waals surface area contributed by atoms with E-state index in [1.54, 1.807) is 4.90 Å². The van der Waals surface area contributed by atoms with E-state index in [4.69, 9.17) is 9.72 Å². The van der Waals surface area contributed by atoms with Crippen LogP contribution in [-0.2, 0) is 48.7 Å². The van der Waals surface area contributed by atoms with Crippen molar-refractivity contribution in [1.29, 1.82) is 0 Å². The van der Waals surface area contributed by atoms with Crippen LogP contribution in [0.3, 0.4) is 0 Å². The van der Waals surface area contributed by atoms with Gasteiger partial charge in [-0.25, -0.2) is 18.2 Å². The van der Waals surface area contributed by atoms with Crippen molar-refractivity contribution in [1.82, 2.24) is 24.8 Å². The van der Waals surface area contributed by atoms with Crippen LogP contribution in [0.4, 0.5) is 9.93 Å². The zero-order chi connectivity index (χ0) is 37.6. The Bertz CT molecular complexity index is 1970. The summed E-state index contributed by atoms with van der Waals surface area (Å²) in [7, 11) is -3.88. The second-order valence-corrected chi connectivity index (χ2v) is 18.5. The molecule has 3 saturated carbocycles. The van der Waals surface area contributed by atoms with E-state index < -0.39 is 62.8 Å². The quantitative estimate of drug-likeness (QED) is 0.340. The number of aromatic nitrogens is 1. The maximum atomic E-state index is 14.9. The molecule has 15 heteroatoms. The number of carbonyl (C=O) groups excluding carboxylic acids is 4. The highest BCUT2D eigenvalue weighted by molar-refractivity contribution is 7.91. The Labute approximate surface area is 320 Å². The number of aryl methyl sites for hydroxylation is 1. The van der Waals surface area contributed by atoms with E-state index in [9.17, 15) is 27.6 Å². The van der Waals surface area contributed by atoms with E-state index in [0.29, 0.717) is 31.1 Å². The van der Waals surface area contributed by atoms with Gasteiger partial charge in [0.15, 0.2) is 5.13 Å². The minimum Gasteiger partial charge on any atom is -0.444 e. The average molecular weight is 777 g/mol. The molecule has 288 valence electrons. The molecule has 0 spiro atoms. The predicted octanol–water partition coefficient (Wildman–Crippen LogP) is 4.64. The molecule has 6 aliphatic rings. The van der Waals surface area contributed by atoms with Crippen molar-refractivity contribution in [3.8, 4) is 0 Å². The third kappa shape index (κ3) is 7.40. The summed E-state index contributed by atoms with van der Waals surface area (Å²) in [6, 6.07) is 4.31. The highest BCUT2D eigenvalue weighted by Crippen LogP contribution is 2.46. The average Bonchev–Trinajstić information content (AvgIpc) is 3.98. The van der Waals surface area contributed by atoms with Crippen molar-refractivity contribution in [2.75, 3.05) is 11.9 Å². The molecule has 2 aromatic rings. The Morgan fingerprint density at radius 3 is 2.67 bits per heavy atom. The van der Waals surface area contributed by atoms with E-state index >= 15 is 0 Å². The van der Waals surface area contributed by atoms with Gasteiger partial charge in [0, 0.05) is 24.3 Å². The fraction of sp³-hybridized carbons (Fsp3) is 0.564. The van der Waals surface area contributed by atoms with Gasteiger partial charge in [-0.1, -0.05) is 55.7 Å². The minimum atomic E-state index is -3.88. The molecule has 0 unspecified atom stereocenters. The number of thiazole rings is 1. The molecule has 1 aromatic carbocycles. The number of benzene rings is 1. The summed E-state index contributed by atoms with van der Waals surface area (Å²) in [4.78, 5) is 64.5. The van der Waals surface area contributed by atoms with Crippen molar-refractivity contribution in [2.45, 2.75) is 119 Å². The van der Waals surface area contributed by atoms with Gasteiger partial charge in [-0.15, -0.1) is 17.9 Å². The van der Waals surface area contributed by atoms with Gasteiger partial charge in [-0.3, -0.25) is 24.0 Å². The number of anilines is 1. The number of sulfonamides is 1. The van der Waals surface area contributed by atoms with Crippen LogP contribution in [0.25, 0.3) is 6.08 Å². The van der Waals surface area contributed by atoms with Crippen LogP contribution in [0.1, 0.15) is 93.0 Å². The number of fused-ring (bicyclic) bond motifs is 5. The standard InChI is InChI=1S/C39H48N6O7S2/c1-2-27-19-39(27,36(48)43-54(50,51)30-16-17-30)42-34(46)32-18-29-21-45(32)35(47)33(25-11-6-3-7-12-25)41-37-40-28(23-53-37)15-8-4-5-10-24-13-9-14-26-20-44(22-31(24)26)38(49)52-29/h2,5,9-10,13-14,23,25,27,29-30,32-33H,1,3-4,6-8,11-12,15-22H2,(H,40,41)(H,42,46)(H,43,48)/b10-5+/t27-,29-,32+,33+,39-/m1/s1. The number of nitrogens with zero attached hydrogens (tertiary/aromatic N) is 3. The lowest BCUT2D eigenvalue weighted by atomic mass is 9.83. The highest BCUT2D eigenvalue weighted by Gasteiger charge is 2.62. The maximum Gasteiger partial charge on any atom is 0.410 e. The molecule has 4 fully saturated rings. The zero-order valence-corrected chi connectivity index (χ0v) is 32.0. The molecular weight excluding hydrogens is 729 g/mol. The van der Waals surface area contributed by atoms with Gasteiger partial charge in [-0.05, 0) is 74.0 Å². The second kappa shape index (κ2) is 14.8. The summed E-state index contributed by atoms with van der Waals surface area (Å²) < 4.78 is 33.8. The number of ether oxygens (including phenoxy) is 1. The molecule has 8 rings (SSSR count). The molecule has 54 heavy (non-hydrogen) atoms. The fourth-order valence-electron chi connectivity index (χ4n) is 8.60. The lowest BCUT2D eigenvalue weighted by Crippen LogP contribution is -2.58. The molecule has 3 aliphatic heterocycles. The van der Waals surface area contributed by atoms with Crippen LogP contribution >= 0.6 is 11.3 Å². The van der Waals surface area contributed by atoms with Gasteiger partial charge in [-0.2, -0.15) is 0 Å².